The van der Waals surface area contributed by atoms with Crippen molar-refractivity contribution in [1.82, 2.24) is 19.6 Å². The van der Waals surface area contributed by atoms with Crippen molar-refractivity contribution in [2.75, 3.05) is 19.6 Å². The van der Waals surface area contributed by atoms with E-state index in [1.807, 2.05) is 19.1 Å². The first-order chi connectivity index (χ1) is 14.5. The average molecular weight is 407 g/mol. The number of benzene rings is 1. The first-order valence-electron chi connectivity index (χ1n) is 10.8. The fourth-order valence-electron chi connectivity index (χ4n) is 4.48. The van der Waals surface area contributed by atoms with E-state index in [2.05, 4.69) is 57.7 Å². The van der Waals surface area contributed by atoms with Crippen molar-refractivity contribution in [1.29, 1.82) is 0 Å². The molecule has 3 heterocycles. The Morgan fingerprint density at radius 1 is 1.20 bits per heavy atom. The van der Waals surface area contributed by atoms with Gasteiger partial charge in [-0.15, -0.1) is 0 Å². The maximum Gasteiger partial charge on any atom is 0.231 e. The molecule has 1 saturated heterocycles. The molecule has 1 fully saturated rings. The van der Waals surface area contributed by atoms with E-state index in [0.717, 1.165) is 55.8 Å². The van der Waals surface area contributed by atoms with Crippen molar-refractivity contribution in [3.05, 3.63) is 70.6 Å². The molecule has 0 N–H and O–H groups in total. The lowest BCUT2D eigenvalue weighted by atomic mass is 9.97. The number of hydrogen-bond acceptors (Lipinski definition) is 5. The van der Waals surface area contributed by atoms with Crippen molar-refractivity contribution in [2.24, 2.45) is 0 Å². The minimum Gasteiger partial charge on any atom is -0.348 e. The molecular weight excluding hydrogens is 376 g/mol. The molecule has 0 bridgehead atoms. The molecule has 1 unspecified atom stereocenters. The zero-order chi connectivity index (χ0) is 21.1. The quantitative estimate of drug-likeness (QED) is 0.553. The molecule has 1 atom stereocenters. The molecule has 0 saturated carbocycles. The maximum absolute atomic E-state index is 13.1. The number of carbonyl (C=O) groups is 1. The molecule has 1 aromatic carbocycles. The number of nitrogens with zero attached hydrogens (tertiary/aromatic N) is 4. The topological polar surface area (TPSA) is 64.2 Å². The maximum atomic E-state index is 13.1. The molecule has 0 amide bonds. The first kappa shape index (κ1) is 20.5. The monoisotopic (exact) mass is 406 g/mol. The van der Waals surface area contributed by atoms with Crippen molar-refractivity contribution in [2.45, 2.75) is 52.5 Å². The van der Waals surface area contributed by atoms with Crippen molar-refractivity contribution < 1.29 is 9.32 Å². The Kier molecular flexibility index (Phi) is 6.13. The van der Waals surface area contributed by atoms with Gasteiger partial charge >= 0.3 is 0 Å². The third-order valence-electron chi connectivity index (χ3n) is 6.11. The Hall–Kier alpha value is -2.73. The van der Waals surface area contributed by atoms with Crippen LogP contribution in [-0.2, 0) is 13.0 Å². The Labute approximate surface area is 177 Å². The number of likely N-dealkylation sites (tertiary alicyclic amines) is 1. The molecule has 1 aliphatic rings. The average Bonchev–Trinajstić information content (AvgIpc) is 3.30. The van der Waals surface area contributed by atoms with Gasteiger partial charge in [0.1, 0.15) is 0 Å². The number of aryl methyl sites for hydroxylation is 3. The molecule has 158 valence electrons. The van der Waals surface area contributed by atoms with Crippen LogP contribution in [0.5, 0.6) is 0 Å². The molecule has 0 spiro atoms. The van der Waals surface area contributed by atoms with Gasteiger partial charge in [-0.25, -0.2) is 0 Å². The largest absolute Gasteiger partial charge is 0.348 e. The summed E-state index contributed by atoms with van der Waals surface area (Å²) in [6, 6.07) is 12.5. The van der Waals surface area contributed by atoms with Crippen molar-refractivity contribution in [3.63, 3.8) is 0 Å². The highest BCUT2D eigenvalue weighted by Crippen LogP contribution is 2.26. The zero-order valence-electron chi connectivity index (χ0n) is 18.1. The van der Waals surface area contributed by atoms with E-state index in [0.29, 0.717) is 18.3 Å². The van der Waals surface area contributed by atoms with E-state index in [-0.39, 0.29) is 11.7 Å². The van der Waals surface area contributed by atoms with Gasteiger partial charge in [0.25, 0.3) is 0 Å². The van der Waals surface area contributed by atoms with Crippen LogP contribution >= 0.6 is 0 Å². The molecule has 2 aromatic heterocycles. The number of Topliss-reactive ketones (excluding diaryl/α,β-unsaturated/α-hetero) is 1. The minimum atomic E-state index is 0.191. The van der Waals surface area contributed by atoms with Gasteiger partial charge in [0, 0.05) is 30.0 Å². The summed E-state index contributed by atoms with van der Waals surface area (Å²) in [4.78, 5) is 19.7. The number of hydrogen-bond donors (Lipinski definition) is 0. The summed E-state index contributed by atoms with van der Waals surface area (Å²) in [6.45, 7) is 9.03. The summed E-state index contributed by atoms with van der Waals surface area (Å²) in [6.07, 6.45) is 3.03. The second kappa shape index (κ2) is 8.96. The highest BCUT2D eigenvalue weighted by atomic mass is 16.5. The molecule has 0 aliphatic carbocycles. The Morgan fingerprint density at radius 3 is 2.73 bits per heavy atom. The van der Waals surface area contributed by atoms with Gasteiger partial charge < -0.3 is 9.09 Å². The lowest BCUT2D eigenvalue weighted by Gasteiger charge is -2.30. The molecule has 4 rings (SSSR count). The van der Waals surface area contributed by atoms with Crippen LogP contribution in [0.25, 0.3) is 0 Å². The molecule has 30 heavy (non-hydrogen) atoms. The number of carbonyl (C=O) groups excluding carboxylic acids is 1. The van der Waals surface area contributed by atoms with E-state index in [1.54, 1.807) is 0 Å². The molecule has 6 nitrogen and oxygen atoms in total. The fraction of sp³-hybridized carbons (Fsp3) is 0.458. The summed E-state index contributed by atoms with van der Waals surface area (Å²) < 4.78 is 7.63. The highest BCUT2D eigenvalue weighted by Gasteiger charge is 2.27. The standard InChI is InChI=1S/C24H30N4O2/c1-17-14-22(18(2)28(17)13-11-20-8-5-4-6-9-20)23(29)16-27-12-7-10-21(15-27)24-25-19(3)26-30-24/h4-6,8-9,14,21H,7,10-13,15-16H2,1-3H3. The molecule has 0 radical (unpaired) electrons. The Balaban J connectivity index is 1.40. The third-order valence-corrected chi connectivity index (χ3v) is 6.11. The van der Waals surface area contributed by atoms with Crippen LogP contribution in [0.1, 0.15) is 57.8 Å². The van der Waals surface area contributed by atoms with Gasteiger partial charge in [0.05, 0.1) is 12.5 Å². The van der Waals surface area contributed by atoms with Gasteiger partial charge in [0.15, 0.2) is 11.6 Å². The van der Waals surface area contributed by atoms with Crippen LogP contribution in [0, 0.1) is 20.8 Å². The Morgan fingerprint density at radius 2 is 2.00 bits per heavy atom. The van der Waals surface area contributed by atoms with Gasteiger partial charge in [-0.05, 0) is 58.2 Å². The van der Waals surface area contributed by atoms with Crippen LogP contribution in [0.4, 0.5) is 0 Å². The lowest BCUT2D eigenvalue weighted by Crippen LogP contribution is -2.38. The lowest BCUT2D eigenvalue weighted by molar-refractivity contribution is 0.0898. The van der Waals surface area contributed by atoms with E-state index in [9.17, 15) is 4.79 Å². The van der Waals surface area contributed by atoms with Crippen molar-refractivity contribution >= 4 is 5.78 Å². The van der Waals surface area contributed by atoms with Crippen molar-refractivity contribution in [3.8, 4) is 0 Å². The number of rotatable bonds is 7. The molecule has 6 heteroatoms. The summed E-state index contributed by atoms with van der Waals surface area (Å²) in [5, 5.41) is 3.91. The summed E-state index contributed by atoms with van der Waals surface area (Å²) >= 11 is 0. The Bertz CT molecular complexity index is 1010. The number of aromatic nitrogens is 3. The first-order valence-corrected chi connectivity index (χ1v) is 10.8. The van der Waals surface area contributed by atoms with E-state index >= 15 is 0 Å². The van der Waals surface area contributed by atoms with Gasteiger partial charge in [0.2, 0.25) is 5.89 Å². The van der Waals surface area contributed by atoms with Crippen LogP contribution < -0.4 is 0 Å². The second-order valence-corrected chi connectivity index (χ2v) is 8.35. The fourth-order valence-corrected chi connectivity index (χ4v) is 4.48. The smallest absolute Gasteiger partial charge is 0.231 e. The normalized spacial score (nSPS) is 17.4. The van der Waals surface area contributed by atoms with Gasteiger partial charge in [-0.3, -0.25) is 9.69 Å². The predicted octanol–water partition coefficient (Wildman–Crippen LogP) is 4.10. The van der Waals surface area contributed by atoms with E-state index in [1.165, 1.54) is 5.56 Å². The summed E-state index contributed by atoms with van der Waals surface area (Å²) in [7, 11) is 0. The molecular formula is C24H30N4O2. The second-order valence-electron chi connectivity index (χ2n) is 8.35. The third kappa shape index (κ3) is 4.54. The summed E-state index contributed by atoms with van der Waals surface area (Å²) in [5.41, 5.74) is 4.36. The molecule has 1 aliphatic heterocycles. The highest BCUT2D eigenvalue weighted by molar-refractivity contribution is 5.99. The van der Waals surface area contributed by atoms with Gasteiger partial charge in [-0.1, -0.05) is 35.5 Å². The molecule has 3 aromatic rings. The van der Waals surface area contributed by atoms with Crippen LogP contribution in [-0.4, -0.2) is 45.0 Å². The van der Waals surface area contributed by atoms with E-state index < -0.39 is 0 Å². The number of ketones is 1. The zero-order valence-corrected chi connectivity index (χ0v) is 18.1. The SMILES string of the molecule is Cc1noc(C2CCCN(CC(=O)c3cc(C)n(CCc4ccccc4)c3C)C2)n1. The van der Waals surface area contributed by atoms with E-state index in [4.69, 9.17) is 4.52 Å². The number of piperidine rings is 1. The minimum absolute atomic E-state index is 0.191. The van der Waals surface area contributed by atoms with Crippen LogP contribution in [0.15, 0.2) is 40.9 Å². The summed E-state index contributed by atoms with van der Waals surface area (Å²) in [5.74, 6) is 1.77. The predicted molar refractivity (Wildman–Crippen MR) is 116 cm³/mol. The van der Waals surface area contributed by atoms with Gasteiger partial charge in [-0.2, -0.15) is 4.98 Å². The van der Waals surface area contributed by atoms with Crippen LogP contribution in [0.3, 0.4) is 0 Å². The van der Waals surface area contributed by atoms with Crippen LogP contribution in [0.2, 0.25) is 0 Å².